The first kappa shape index (κ1) is 20.9. The van der Waals surface area contributed by atoms with E-state index in [4.69, 9.17) is 9.47 Å². The summed E-state index contributed by atoms with van der Waals surface area (Å²) in [5, 5.41) is 11.5. The van der Waals surface area contributed by atoms with Crippen LogP contribution in [0.5, 0.6) is 11.5 Å². The normalized spacial score (nSPS) is 16.5. The highest BCUT2D eigenvalue weighted by Gasteiger charge is 2.40. The SMILES string of the molecule is COc1ccc([C@@H]2c3cccn3CCN2S(=O)(=O)c2ccccc2[N+](=O)[O-])cc1OC. The highest BCUT2D eigenvalue weighted by atomic mass is 32.2. The zero-order chi connectivity index (χ0) is 22.2. The maximum atomic E-state index is 13.7. The van der Waals surface area contributed by atoms with Gasteiger partial charge >= 0.3 is 0 Å². The topological polar surface area (TPSA) is 104 Å². The Morgan fingerprint density at radius 1 is 1.00 bits per heavy atom. The number of para-hydroxylation sites is 1. The van der Waals surface area contributed by atoms with Gasteiger partial charge in [-0.2, -0.15) is 4.31 Å². The summed E-state index contributed by atoms with van der Waals surface area (Å²) in [5.41, 5.74) is 0.981. The third-order valence-corrected chi connectivity index (χ3v) is 7.28. The third-order valence-electron chi connectivity index (χ3n) is 5.37. The number of hydrogen-bond acceptors (Lipinski definition) is 6. The van der Waals surface area contributed by atoms with Crippen LogP contribution in [-0.2, 0) is 16.6 Å². The minimum atomic E-state index is -4.18. The van der Waals surface area contributed by atoms with E-state index in [0.717, 1.165) is 5.69 Å². The van der Waals surface area contributed by atoms with Crippen LogP contribution in [0.15, 0.2) is 65.7 Å². The minimum absolute atomic E-state index is 0.162. The molecule has 0 radical (unpaired) electrons. The molecule has 2 heterocycles. The lowest BCUT2D eigenvalue weighted by Crippen LogP contribution is -2.42. The molecule has 1 aromatic heterocycles. The smallest absolute Gasteiger partial charge is 0.289 e. The molecule has 162 valence electrons. The average molecular weight is 443 g/mol. The van der Waals surface area contributed by atoms with Crippen molar-refractivity contribution < 1.29 is 22.8 Å². The number of hydrogen-bond donors (Lipinski definition) is 0. The van der Waals surface area contributed by atoms with E-state index in [1.54, 1.807) is 18.2 Å². The number of nitro groups is 1. The highest BCUT2D eigenvalue weighted by molar-refractivity contribution is 7.89. The van der Waals surface area contributed by atoms with Gasteiger partial charge in [0.05, 0.1) is 25.2 Å². The molecule has 0 aliphatic carbocycles. The summed E-state index contributed by atoms with van der Waals surface area (Å²) in [5.74, 6) is 0.984. The lowest BCUT2D eigenvalue weighted by Gasteiger charge is -2.36. The Labute approximate surface area is 179 Å². The van der Waals surface area contributed by atoms with Gasteiger partial charge in [0.15, 0.2) is 16.4 Å². The van der Waals surface area contributed by atoms with Crippen LogP contribution in [0.2, 0.25) is 0 Å². The van der Waals surface area contributed by atoms with E-state index in [1.165, 1.54) is 42.8 Å². The monoisotopic (exact) mass is 443 g/mol. The molecule has 1 aliphatic heterocycles. The van der Waals surface area contributed by atoms with Gasteiger partial charge in [-0.05, 0) is 35.9 Å². The fraction of sp³-hybridized carbons (Fsp3) is 0.238. The van der Waals surface area contributed by atoms with E-state index in [0.29, 0.717) is 23.6 Å². The summed E-state index contributed by atoms with van der Waals surface area (Å²) in [7, 11) is -1.16. The number of nitrogens with zero attached hydrogens (tertiary/aromatic N) is 3. The van der Waals surface area contributed by atoms with Gasteiger partial charge in [0.2, 0.25) is 0 Å². The quantitative estimate of drug-likeness (QED) is 0.428. The van der Waals surface area contributed by atoms with E-state index >= 15 is 0 Å². The van der Waals surface area contributed by atoms with Gasteiger partial charge in [-0.15, -0.1) is 0 Å². The predicted octanol–water partition coefficient (Wildman–Crippen LogP) is 3.21. The molecule has 0 N–H and O–H groups in total. The Morgan fingerprint density at radius 2 is 1.74 bits per heavy atom. The number of ether oxygens (including phenoxy) is 2. The van der Waals surface area contributed by atoms with Crippen LogP contribution in [0.1, 0.15) is 17.3 Å². The molecule has 0 unspecified atom stereocenters. The van der Waals surface area contributed by atoms with Crippen LogP contribution < -0.4 is 9.47 Å². The maximum absolute atomic E-state index is 13.7. The van der Waals surface area contributed by atoms with Crippen molar-refractivity contribution >= 4 is 15.7 Å². The van der Waals surface area contributed by atoms with Crippen molar-refractivity contribution in [1.82, 2.24) is 8.87 Å². The minimum Gasteiger partial charge on any atom is -0.493 e. The molecule has 0 fully saturated rings. The third kappa shape index (κ3) is 3.53. The first-order valence-corrected chi connectivity index (χ1v) is 10.9. The first-order chi connectivity index (χ1) is 14.9. The number of nitro benzene ring substituents is 1. The zero-order valence-electron chi connectivity index (χ0n) is 17.0. The first-order valence-electron chi connectivity index (χ1n) is 9.50. The number of sulfonamides is 1. The summed E-state index contributed by atoms with van der Waals surface area (Å²) >= 11 is 0. The number of rotatable bonds is 6. The Kier molecular flexibility index (Phi) is 5.42. The zero-order valence-corrected chi connectivity index (χ0v) is 17.8. The lowest BCUT2D eigenvalue weighted by atomic mass is 10.0. The van der Waals surface area contributed by atoms with Crippen LogP contribution in [-0.4, -0.2) is 43.0 Å². The van der Waals surface area contributed by atoms with Gasteiger partial charge in [0, 0.05) is 31.0 Å². The molecular weight excluding hydrogens is 422 g/mol. The molecule has 0 amide bonds. The number of benzene rings is 2. The average Bonchev–Trinajstić information content (AvgIpc) is 3.26. The van der Waals surface area contributed by atoms with Crippen molar-refractivity contribution in [2.24, 2.45) is 0 Å². The van der Waals surface area contributed by atoms with Crippen molar-refractivity contribution in [2.75, 3.05) is 20.8 Å². The van der Waals surface area contributed by atoms with Crippen LogP contribution in [0.25, 0.3) is 0 Å². The van der Waals surface area contributed by atoms with Crippen molar-refractivity contribution in [3.63, 3.8) is 0 Å². The van der Waals surface area contributed by atoms with E-state index in [9.17, 15) is 18.5 Å². The van der Waals surface area contributed by atoms with Crippen molar-refractivity contribution in [2.45, 2.75) is 17.5 Å². The Bertz CT molecular complexity index is 1240. The summed E-state index contributed by atoms with van der Waals surface area (Å²) < 4.78 is 41.3. The largest absolute Gasteiger partial charge is 0.493 e. The van der Waals surface area contributed by atoms with E-state index < -0.39 is 26.7 Å². The molecule has 4 rings (SSSR count). The van der Waals surface area contributed by atoms with Gasteiger partial charge in [0.1, 0.15) is 0 Å². The summed E-state index contributed by atoms with van der Waals surface area (Å²) in [6.45, 7) is 0.598. The molecule has 0 saturated carbocycles. The molecule has 0 bridgehead atoms. The Balaban J connectivity index is 1.89. The molecule has 1 aliphatic rings. The summed E-state index contributed by atoms with van der Waals surface area (Å²) in [6, 6.07) is 13.6. The summed E-state index contributed by atoms with van der Waals surface area (Å²) in [4.78, 5) is 10.5. The van der Waals surface area contributed by atoms with Gasteiger partial charge in [-0.1, -0.05) is 18.2 Å². The second kappa shape index (κ2) is 8.05. The van der Waals surface area contributed by atoms with Gasteiger partial charge in [-0.3, -0.25) is 10.1 Å². The van der Waals surface area contributed by atoms with Crippen LogP contribution >= 0.6 is 0 Å². The molecule has 10 heteroatoms. The molecule has 0 saturated heterocycles. The van der Waals surface area contributed by atoms with Crippen LogP contribution in [0, 0.1) is 10.1 Å². The molecular formula is C21H21N3O6S. The fourth-order valence-corrected chi connectivity index (χ4v) is 5.67. The fourth-order valence-electron chi connectivity index (χ4n) is 3.93. The van der Waals surface area contributed by atoms with Crippen molar-refractivity contribution in [1.29, 1.82) is 0 Å². The Morgan fingerprint density at radius 3 is 2.45 bits per heavy atom. The maximum Gasteiger partial charge on any atom is 0.289 e. The number of fused-ring (bicyclic) bond motifs is 1. The van der Waals surface area contributed by atoms with E-state index in [2.05, 4.69) is 0 Å². The van der Waals surface area contributed by atoms with E-state index in [1.807, 2.05) is 22.9 Å². The molecule has 2 aromatic carbocycles. The van der Waals surface area contributed by atoms with Crippen LogP contribution in [0.3, 0.4) is 0 Å². The Hall–Kier alpha value is -3.37. The molecule has 3 aromatic rings. The number of aromatic nitrogens is 1. The van der Waals surface area contributed by atoms with Crippen molar-refractivity contribution in [3.8, 4) is 11.5 Å². The second-order valence-electron chi connectivity index (χ2n) is 6.98. The number of methoxy groups -OCH3 is 2. The van der Waals surface area contributed by atoms with Gasteiger partial charge in [0.25, 0.3) is 15.7 Å². The molecule has 0 spiro atoms. The van der Waals surface area contributed by atoms with Crippen LogP contribution in [0.4, 0.5) is 5.69 Å². The second-order valence-corrected chi connectivity index (χ2v) is 8.84. The van der Waals surface area contributed by atoms with E-state index in [-0.39, 0.29) is 11.4 Å². The highest BCUT2D eigenvalue weighted by Crippen LogP contribution is 2.40. The molecule has 1 atom stereocenters. The lowest BCUT2D eigenvalue weighted by molar-refractivity contribution is -0.387. The van der Waals surface area contributed by atoms with Crippen molar-refractivity contribution in [3.05, 3.63) is 82.2 Å². The van der Waals surface area contributed by atoms with Gasteiger partial charge < -0.3 is 14.0 Å². The standard InChI is InChI=1S/C21H21N3O6S/c1-29-18-10-9-15(14-19(18)30-2)21-17-7-5-11-22(17)12-13-23(21)31(27,28)20-8-4-3-6-16(20)24(25)26/h3-11,14,21H,12-13H2,1-2H3/t21-/m1/s1. The van der Waals surface area contributed by atoms with Gasteiger partial charge in [-0.25, -0.2) is 8.42 Å². The predicted molar refractivity (Wildman–Crippen MR) is 113 cm³/mol. The molecule has 9 nitrogen and oxygen atoms in total. The molecule has 31 heavy (non-hydrogen) atoms. The summed E-state index contributed by atoms with van der Waals surface area (Å²) in [6.07, 6.45) is 1.89.